The lowest BCUT2D eigenvalue weighted by Crippen LogP contribution is -2.01. The Hall–Kier alpha value is -1.29. The molecule has 0 saturated heterocycles. The highest BCUT2D eigenvalue weighted by atomic mass is 19.2. The molecule has 0 radical (unpaired) electrons. The Kier molecular flexibility index (Phi) is 3.30. The molecule has 1 aromatic carbocycles. The second kappa shape index (κ2) is 4.28. The zero-order chi connectivity index (χ0) is 10.7. The van der Waals surface area contributed by atoms with Crippen LogP contribution in [0.2, 0.25) is 0 Å². The van der Waals surface area contributed by atoms with Crippen molar-refractivity contribution in [2.75, 3.05) is 6.54 Å². The molecule has 0 atom stereocenters. The minimum atomic E-state index is -1.20. The molecule has 14 heavy (non-hydrogen) atoms. The lowest BCUT2D eigenvalue weighted by molar-refractivity contribution is 0.493. The summed E-state index contributed by atoms with van der Waals surface area (Å²) in [6.07, 6.45) is 0.349. The van der Waals surface area contributed by atoms with Crippen molar-refractivity contribution in [3.05, 3.63) is 41.7 Å². The largest absolute Gasteiger partial charge is 0.330 e. The van der Waals surface area contributed by atoms with Crippen molar-refractivity contribution in [1.29, 1.82) is 0 Å². The SMILES string of the molecule is C=C(CCN)c1cc(F)c(F)cc1F. The second-order valence-corrected chi connectivity index (χ2v) is 2.89. The van der Waals surface area contributed by atoms with E-state index in [2.05, 4.69) is 6.58 Å². The van der Waals surface area contributed by atoms with Crippen molar-refractivity contribution in [1.82, 2.24) is 0 Å². The predicted octanol–water partition coefficient (Wildman–Crippen LogP) is 2.47. The van der Waals surface area contributed by atoms with Crippen molar-refractivity contribution in [2.24, 2.45) is 5.73 Å². The molecule has 0 bridgehead atoms. The first-order valence-corrected chi connectivity index (χ1v) is 4.09. The highest BCUT2D eigenvalue weighted by molar-refractivity contribution is 5.63. The van der Waals surface area contributed by atoms with Crippen LogP contribution in [-0.2, 0) is 0 Å². The number of benzene rings is 1. The molecule has 0 fully saturated rings. The third-order valence-electron chi connectivity index (χ3n) is 1.84. The van der Waals surface area contributed by atoms with Gasteiger partial charge in [0.2, 0.25) is 0 Å². The summed E-state index contributed by atoms with van der Waals surface area (Å²) in [5, 5.41) is 0. The van der Waals surface area contributed by atoms with Crippen LogP contribution < -0.4 is 5.73 Å². The summed E-state index contributed by atoms with van der Waals surface area (Å²) in [6, 6.07) is 1.30. The lowest BCUT2D eigenvalue weighted by Gasteiger charge is -2.06. The predicted molar refractivity (Wildman–Crippen MR) is 49.0 cm³/mol. The quantitative estimate of drug-likeness (QED) is 0.747. The standard InChI is InChI=1S/C10H10F3N/c1-6(2-3-14)7-4-9(12)10(13)5-8(7)11/h4-5H,1-3,14H2. The number of hydrogen-bond acceptors (Lipinski definition) is 1. The van der Waals surface area contributed by atoms with Crippen LogP contribution in [0, 0.1) is 17.5 Å². The van der Waals surface area contributed by atoms with E-state index in [4.69, 9.17) is 5.73 Å². The summed E-state index contributed by atoms with van der Waals surface area (Å²) >= 11 is 0. The molecule has 0 heterocycles. The van der Waals surface area contributed by atoms with Crippen LogP contribution in [-0.4, -0.2) is 6.54 Å². The summed E-state index contributed by atoms with van der Waals surface area (Å²) in [5.41, 5.74) is 5.58. The van der Waals surface area contributed by atoms with Gasteiger partial charge in [-0.25, -0.2) is 13.2 Å². The highest BCUT2D eigenvalue weighted by Gasteiger charge is 2.11. The summed E-state index contributed by atoms with van der Waals surface area (Å²) in [4.78, 5) is 0. The average Bonchev–Trinajstić information content (AvgIpc) is 2.11. The van der Waals surface area contributed by atoms with E-state index in [1.807, 2.05) is 0 Å². The molecular weight excluding hydrogens is 191 g/mol. The molecule has 0 unspecified atom stereocenters. The van der Waals surface area contributed by atoms with Gasteiger partial charge >= 0.3 is 0 Å². The Morgan fingerprint density at radius 3 is 2.29 bits per heavy atom. The van der Waals surface area contributed by atoms with Gasteiger partial charge in [-0.15, -0.1) is 0 Å². The van der Waals surface area contributed by atoms with Gasteiger partial charge in [-0.1, -0.05) is 6.58 Å². The van der Waals surface area contributed by atoms with Crippen molar-refractivity contribution in [2.45, 2.75) is 6.42 Å². The molecule has 1 nitrogen and oxygen atoms in total. The number of halogens is 3. The molecule has 0 saturated carbocycles. The molecule has 0 aromatic heterocycles. The number of nitrogens with two attached hydrogens (primary N) is 1. The van der Waals surface area contributed by atoms with E-state index in [0.717, 1.165) is 6.07 Å². The van der Waals surface area contributed by atoms with E-state index < -0.39 is 17.5 Å². The van der Waals surface area contributed by atoms with Gasteiger partial charge in [0.15, 0.2) is 11.6 Å². The van der Waals surface area contributed by atoms with E-state index in [-0.39, 0.29) is 12.1 Å². The molecule has 0 aliphatic carbocycles. The van der Waals surface area contributed by atoms with E-state index in [0.29, 0.717) is 18.1 Å². The lowest BCUT2D eigenvalue weighted by atomic mass is 10.0. The smallest absolute Gasteiger partial charge is 0.161 e. The van der Waals surface area contributed by atoms with E-state index in [1.54, 1.807) is 0 Å². The Balaban J connectivity index is 3.09. The molecule has 0 spiro atoms. The molecule has 4 heteroatoms. The van der Waals surface area contributed by atoms with Gasteiger partial charge < -0.3 is 5.73 Å². The summed E-state index contributed by atoms with van der Waals surface area (Å²) < 4.78 is 38.4. The minimum absolute atomic E-state index is 0.0191. The first-order valence-electron chi connectivity index (χ1n) is 4.09. The molecule has 76 valence electrons. The van der Waals surface area contributed by atoms with Crippen LogP contribution in [0.15, 0.2) is 18.7 Å². The van der Waals surface area contributed by atoms with Gasteiger partial charge in [0.25, 0.3) is 0 Å². The zero-order valence-electron chi connectivity index (χ0n) is 7.49. The van der Waals surface area contributed by atoms with Crippen LogP contribution >= 0.6 is 0 Å². The zero-order valence-corrected chi connectivity index (χ0v) is 7.49. The molecule has 0 amide bonds. The molecule has 0 aliphatic rings. The third-order valence-corrected chi connectivity index (χ3v) is 1.84. The Morgan fingerprint density at radius 1 is 1.14 bits per heavy atom. The van der Waals surface area contributed by atoms with Gasteiger partial charge in [0, 0.05) is 11.6 Å². The fourth-order valence-electron chi connectivity index (χ4n) is 1.10. The van der Waals surface area contributed by atoms with Crippen molar-refractivity contribution >= 4 is 5.57 Å². The monoisotopic (exact) mass is 201 g/mol. The van der Waals surface area contributed by atoms with Gasteiger partial charge in [-0.05, 0) is 24.6 Å². The fourth-order valence-corrected chi connectivity index (χ4v) is 1.10. The minimum Gasteiger partial charge on any atom is -0.330 e. The van der Waals surface area contributed by atoms with Crippen molar-refractivity contribution < 1.29 is 13.2 Å². The van der Waals surface area contributed by atoms with Gasteiger partial charge in [0.05, 0.1) is 0 Å². The first kappa shape index (κ1) is 10.8. The van der Waals surface area contributed by atoms with Crippen LogP contribution in [0.25, 0.3) is 5.57 Å². The Bertz CT molecular complexity index is 361. The maximum absolute atomic E-state index is 13.1. The molecule has 1 aromatic rings. The Morgan fingerprint density at radius 2 is 1.71 bits per heavy atom. The highest BCUT2D eigenvalue weighted by Crippen LogP contribution is 2.21. The summed E-state index contributed by atoms with van der Waals surface area (Å²) in [6.45, 7) is 3.83. The topological polar surface area (TPSA) is 26.0 Å². The van der Waals surface area contributed by atoms with Gasteiger partial charge in [-0.3, -0.25) is 0 Å². The Labute approximate surface area is 80.0 Å². The van der Waals surface area contributed by atoms with E-state index in [9.17, 15) is 13.2 Å². The normalized spacial score (nSPS) is 10.3. The van der Waals surface area contributed by atoms with Crippen molar-refractivity contribution in [3.63, 3.8) is 0 Å². The molecule has 1 rings (SSSR count). The van der Waals surface area contributed by atoms with Crippen LogP contribution in [0.1, 0.15) is 12.0 Å². The van der Waals surface area contributed by atoms with Crippen LogP contribution in [0.4, 0.5) is 13.2 Å². The first-order chi connectivity index (χ1) is 6.56. The number of rotatable bonds is 3. The average molecular weight is 201 g/mol. The third kappa shape index (κ3) is 2.14. The van der Waals surface area contributed by atoms with Crippen molar-refractivity contribution in [3.8, 4) is 0 Å². The maximum Gasteiger partial charge on any atom is 0.161 e. The molecule has 2 N–H and O–H groups in total. The van der Waals surface area contributed by atoms with Crippen LogP contribution in [0.3, 0.4) is 0 Å². The van der Waals surface area contributed by atoms with Crippen LogP contribution in [0.5, 0.6) is 0 Å². The van der Waals surface area contributed by atoms with E-state index in [1.165, 1.54) is 0 Å². The molecule has 0 aliphatic heterocycles. The summed E-state index contributed by atoms with van der Waals surface area (Å²) in [7, 11) is 0. The molecular formula is C10H10F3N. The van der Waals surface area contributed by atoms with E-state index >= 15 is 0 Å². The van der Waals surface area contributed by atoms with Gasteiger partial charge in [-0.2, -0.15) is 0 Å². The number of hydrogen-bond donors (Lipinski definition) is 1. The summed E-state index contributed by atoms with van der Waals surface area (Å²) in [5.74, 6) is -3.10. The fraction of sp³-hybridized carbons (Fsp3) is 0.200. The maximum atomic E-state index is 13.1. The second-order valence-electron chi connectivity index (χ2n) is 2.89. The van der Waals surface area contributed by atoms with Gasteiger partial charge in [0.1, 0.15) is 5.82 Å².